The van der Waals surface area contributed by atoms with E-state index in [2.05, 4.69) is 53.0 Å². The number of nitrogens with one attached hydrogen (secondary N) is 1. The number of anilines is 1. The molecule has 0 bridgehead atoms. The fourth-order valence-electron chi connectivity index (χ4n) is 4.57. The topological polar surface area (TPSA) is 51.7 Å². The lowest BCUT2D eigenvalue weighted by molar-refractivity contribution is -0.116. The number of hydrogen-bond donors (Lipinski definition) is 1. The summed E-state index contributed by atoms with van der Waals surface area (Å²) in [6, 6.07) is 10.4. The molecule has 2 aromatic heterocycles. The Kier molecular flexibility index (Phi) is 6.68. The van der Waals surface area contributed by atoms with Gasteiger partial charge < -0.3 is 15.1 Å². The number of nitrogens with zero attached hydrogens (tertiary/aromatic N) is 4. The SMILES string of the molecule is CC(C)N1CCc2c(sc(NC(=O)CCN3CCN(C)CC3)c2-c2nc3cc#ccc3s2)C1. The van der Waals surface area contributed by atoms with E-state index < -0.39 is 0 Å². The minimum Gasteiger partial charge on any atom is -0.317 e. The van der Waals surface area contributed by atoms with Crippen LogP contribution in [0.2, 0.25) is 0 Å². The Labute approximate surface area is 204 Å². The zero-order valence-corrected chi connectivity index (χ0v) is 21.2. The molecule has 0 saturated carbocycles. The van der Waals surface area contributed by atoms with Crippen molar-refractivity contribution in [3.05, 3.63) is 34.7 Å². The highest BCUT2D eigenvalue weighted by Gasteiger charge is 2.28. The number of thiophene rings is 1. The Morgan fingerprint density at radius 2 is 1.94 bits per heavy atom. The maximum atomic E-state index is 13.0. The average Bonchev–Trinajstić information content (AvgIpc) is 3.38. The summed E-state index contributed by atoms with van der Waals surface area (Å²) in [6.45, 7) is 11.5. The predicted octanol–water partition coefficient (Wildman–Crippen LogP) is 3.97. The van der Waals surface area contributed by atoms with E-state index in [1.165, 1.54) is 10.4 Å². The number of rotatable bonds is 6. The van der Waals surface area contributed by atoms with Gasteiger partial charge in [0.15, 0.2) is 0 Å². The van der Waals surface area contributed by atoms with Crippen molar-refractivity contribution in [2.24, 2.45) is 0 Å². The van der Waals surface area contributed by atoms with E-state index in [0.717, 1.165) is 78.0 Å². The van der Waals surface area contributed by atoms with Crippen molar-refractivity contribution in [2.75, 3.05) is 51.6 Å². The molecule has 174 valence electrons. The van der Waals surface area contributed by atoms with Gasteiger partial charge in [-0.2, -0.15) is 0 Å². The monoisotopic (exact) mass is 481 g/mol. The number of fused-ring (bicyclic) bond motifs is 2. The van der Waals surface area contributed by atoms with Crippen molar-refractivity contribution >= 4 is 43.8 Å². The third kappa shape index (κ3) is 4.93. The van der Waals surface area contributed by atoms with Gasteiger partial charge in [0.1, 0.15) is 10.0 Å². The van der Waals surface area contributed by atoms with Crippen LogP contribution >= 0.6 is 22.7 Å². The van der Waals surface area contributed by atoms with Gasteiger partial charge in [-0.1, -0.05) is 12.1 Å². The molecular formula is C25H31N5OS2. The van der Waals surface area contributed by atoms with Gasteiger partial charge in [-0.25, -0.2) is 4.98 Å². The van der Waals surface area contributed by atoms with Gasteiger partial charge in [0.2, 0.25) is 5.91 Å². The minimum absolute atomic E-state index is 0.0947. The third-order valence-corrected chi connectivity index (χ3v) is 8.88. The van der Waals surface area contributed by atoms with Crippen molar-refractivity contribution in [1.29, 1.82) is 0 Å². The number of carbonyl (C=O) groups is 1. The molecule has 0 spiro atoms. The molecule has 0 unspecified atom stereocenters. The van der Waals surface area contributed by atoms with Gasteiger partial charge in [0.05, 0.1) is 10.2 Å². The Morgan fingerprint density at radius 1 is 1.15 bits per heavy atom. The summed E-state index contributed by atoms with van der Waals surface area (Å²) in [6.07, 6.45) is 1.51. The summed E-state index contributed by atoms with van der Waals surface area (Å²) in [7, 11) is 2.16. The van der Waals surface area contributed by atoms with E-state index >= 15 is 0 Å². The van der Waals surface area contributed by atoms with E-state index in [-0.39, 0.29) is 5.91 Å². The van der Waals surface area contributed by atoms with Crippen LogP contribution in [0.4, 0.5) is 5.00 Å². The Bertz CT molecular complexity index is 1100. The molecule has 0 atom stereocenters. The molecule has 0 radical (unpaired) electrons. The first-order chi connectivity index (χ1) is 16.0. The van der Waals surface area contributed by atoms with Crippen LogP contribution in [-0.2, 0) is 17.8 Å². The molecule has 4 heterocycles. The smallest absolute Gasteiger partial charge is 0.226 e. The number of likely N-dealkylation sites (N-methyl/N-ethyl adjacent to an activating group) is 1. The molecule has 2 aliphatic rings. The molecule has 1 N–H and O–H groups in total. The van der Waals surface area contributed by atoms with Gasteiger partial charge >= 0.3 is 0 Å². The number of thiazole rings is 1. The maximum absolute atomic E-state index is 13.0. The second-order valence-corrected chi connectivity index (χ2v) is 11.4. The molecule has 1 fully saturated rings. The summed E-state index contributed by atoms with van der Waals surface area (Å²) in [5.74, 6) is 0.0947. The van der Waals surface area contributed by atoms with Crippen LogP contribution in [0.5, 0.6) is 0 Å². The number of carbonyl (C=O) groups excluding carboxylic acids is 1. The lowest BCUT2D eigenvalue weighted by atomic mass is 10.0. The Balaban J connectivity index is 1.39. The normalized spacial score (nSPS) is 17.9. The molecule has 1 amide bonds. The van der Waals surface area contributed by atoms with Crippen LogP contribution in [0.15, 0.2) is 12.1 Å². The van der Waals surface area contributed by atoms with E-state index in [1.807, 2.05) is 12.1 Å². The molecule has 33 heavy (non-hydrogen) atoms. The van der Waals surface area contributed by atoms with Crippen molar-refractivity contribution in [3.8, 4) is 10.6 Å². The molecule has 1 aromatic carbocycles. The zero-order valence-electron chi connectivity index (χ0n) is 19.6. The first-order valence-electron chi connectivity index (χ1n) is 11.8. The standard InChI is InChI=1S/C25H31N5OS2/c1-17(2)30-11-8-18-21(16-30)33-25(23(18)24-26-19-6-4-5-7-20(19)32-24)27-22(31)9-10-29-14-12-28(3)13-15-29/h6-7,17H,8-16H2,1-3H3,(H,27,31). The molecule has 8 heteroatoms. The second kappa shape index (κ2) is 9.69. The predicted molar refractivity (Wildman–Crippen MR) is 137 cm³/mol. The van der Waals surface area contributed by atoms with Crippen molar-refractivity contribution in [3.63, 3.8) is 0 Å². The highest BCUT2D eigenvalue weighted by Crippen LogP contribution is 2.45. The van der Waals surface area contributed by atoms with Gasteiger partial charge in [-0.05, 0) is 32.9 Å². The fraction of sp³-hybridized carbons (Fsp3) is 0.520. The third-order valence-electron chi connectivity index (χ3n) is 6.71. The molecule has 1 saturated heterocycles. The highest BCUT2D eigenvalue weighted by molar-refractivity contribution is 7.22. The van der Waals surface area contributed by atoms with Crippen LogP contribution in [0, 0.1) is 12.1 Å². The molecule has 6 nitrogen and oxygen atoms in total. The lowest BCUT2D eigenvalue weighted by Crippen LogP contribution is -2.45. The first kappa shape index (κ1) is 22.8. The van der Waals surface area contributed by atoms with Crippen LogP contribution in [0.25, 0.3) is 20.8 Å². The summed E-state index contributed by atoms with van der Waals surface area (Å²) in [5, 5.41) is 5.23. The molecular weight excluding hydrogens is 450 g/mol. The van der Waals surface area contributed by atoms with E-state index in [9.17, 15) is 4.79 Å². The number of piperazine rings is 1. The minimum atomic E-state index is 0.0947. The van der Waals surface area contributed by atoms with Crippen molar-refractivity contribution in [2.45, 2.75) is 39.3 Å². The van der Waals surface area contributed by atoms with Crippen molar-refractivity contribution < 1.29 is 4.79 Å². The maximum Gasteiger partial charge on any atom is 0.226 e. The van der Waals surface area contributed by atoms with E-state index in [4.69, 9.17) is 4.98 Å². The van der Waals surface area contributed by atoms with E-state index in [1.54, 1.807) is 22.7 Å². The number of hydrogen-bond acceptors (Lipinski definition) is 7. The number of amides is 1. The van der Waals surface area contributed by atoms with Crippen LogP contribution < -0.4 is 5.32 Å². The molecule has 5 rings (SSSR count). The largest absolute Gasteiger partial charge is 0.317 e. The molecule has 0 aliphatic carbocycles. The highest BCUT2D eigenvalue weighted by atomic mass is 32.1. The van der Waals surface area contributed by atoms with Crippen molar-refractivity contribution in [1.82, 2.24) is 19.7 Å². The molecule has 3 aromatic rings. The second-order valence-electron chi connectivity index (χ2n) is 9.31. The number of aromatic nitrogens is 1. The van der Waals surface area contributed by atoms with Crippen LogP contribution in [0.1, 0.15) is 30.7 Å². The summed E-state index contributed by atoms with van der Waals surface area (Å²) >= 11 is 3.41. The van der Waals surface area contributed by atoms with Gasteiger partial charge in [-0.15, -0.1) is 22.7 Å². The van der Waals surface area contributed by atoms with Gasteiger partial charge in [0, 0.05) is 80.8 Å². The lowest BCUT2D eigenvalue weighted by Gasteiger charge is -2.32. The van der Waals surface area contributed by atoms with Crippen LogP contribution in [0.3, 0.4) is 0 Å². The summed E-state index contributed by atoms with van der Waals surface area (Å²) in [4.78, 5) is 26.5. The zero-order chi connectivity index (χ0) is 22.9. The molecule has 2 aliphatic heterocycles. The van der Waals surface area contributed by atoms with E-state index in [0.29, 0.717) is 12.5 Å². The van der Waals surface area contributed by atoms with Crippen LogP contribution in [-0.4, -0.2) is 77.9 Å². The average molecular weight is 482 g/mol. The summed E-state index contributed by atoms with van der Waals surface area (Å²) in [5.41, 5.74) is 3.44. The van der Waals surface area contributed by atoms with Gasteiger partial charge in [-0.3, -0.25) is 9.69 Å². The first-order valence-corrected chi connectivity index (χ1v) is 13.4. The summed E-state index contributed by atoms with van der Waals surface area (Å²) < 4.78 is 1.11. The Morgan fingerprint density at radius 3 is 2.70 bits per heavy atom. The quantitative estimate of drug-likeness (QED) is 0.577. The van der Waals surface area contributed by atoms with Gasteiger partial charge in [0.25, 0.3) is 0 Å². The fourth-order valence-corrected chi connectivity index (χ4v) is 6.94. The Hall–Kier alpha value is -2.02.